The van der Waals surface area contributed by atoms with Gasteiger partial charge in [0.25, 0.3) is 5.91 Å². The monoisotopic (exact) mass is 514 g/mol. The minimum Gasteiger partial charge on any atom is -0.494 e. The highest BCUT2D eigenvalue weighted by Gasteiger charge is 2.35. The van der Waals surface area contributed by atoms with E-state index in [1.165, 1.54) is 19.3 Å². The fraction of sp³-hybridized carbons (Fsp3) is 0.483. The zero-order valence-corrected chi connectivity index (χ0v) is 22.2. The predicted molar refractivity (Wildman–Crippen MR) is 146 cm³/mol. The highest BCUT2D eigenvalue weighted by Crippen LogP contribution is 2.38. The molecule has 0 bridgehead atoms. The van der Waals surface area contributed by atoms with Gasteiger partial charge in [-0.25, -0.2) is 4.98 Å². The lowest BCUT2D eigenvalue weighted by atomic mass is 9.92. The summed E-state index contributed by atoms with van der Waals surface area (Å²) in [5.41, 5.74) is 4.18. The number of aryl methyl sites for hydroxylation is 1. The Kier molecular flexibility index (Phi) is 5.58. The average molecular weight is 515 g/mol. The van der Waals surface area contributed by atoms with Crippen LogP contribution in [-0.2, 0) is 13.6 Å². The first kappa shape index (κ1) is 23.5. The molecule has 3 aliphatic rings. The van der Waals surface area contributed by atoms with E-state index in [4.69, 9.17) is 19.4 Å². The molecule has 2 atom stereocenters. The number of amides is 1. The maximum Gasteiger partial charge on any atom is 0.254 e. The van der Waals surface area contributed by atoms with Crippen LogP contribution in [-0.4, -0.2) is 69.8 Å². The number of nitrogens with one attached hydrogen (secondary N) is 1. The lowest BCUT2D eigenvalue weighted by Crippen LogP contribution is -2.48. The number of fused-ring (bicyclic) bond motifs is 3. The Bertz CT molecular complexity index is 1550. The first-order chi connectivity index (χ1) is 18.5. The van der Waals surface area contributed by atoms with Gasteiger partial charge in [0.2, 0.25) is 5.88 Å². The number of hydrogen-bond acceptors (Lipinski definition) is 6. The molecule has 198 valence electrons. The van der Waals surface area contributed by atoms with Crippen LogP contribution >= 0.6 is 0 Å². The molecule has 0 spiro atoms. The molecule has 0 radical (unpaired) electrons. The number of rotatable bonds is 6. The average Bonchev–Trinajstić information content (AvgIpc) is 3.37. The van der Waals surface area contributed by atoms with E-state index in [0.717, 1.165) is 66.2 Å². The molecule has 1 aromatic carbocycles. The SMILES string of the molecule is COc1ccc2cc(-c3nc4cc(C(=O)N5CC[C@H]6CCN[C@H]6C5)cc(OC)c4n3C)n(CC3CC3)c2n1. The van der Waals surface area contributed by atoms with Gasteiger partial charge in [-0.15, -0.1) is 0 Å². The van der Waals surface area contributed by atoms with Gasteiger partial charge in [-0.3, -0.25) is 4.79 Å². The van der Waals surface area contributed by atoms with Crippen LogP contribution < -0.4 is 14.8 Å². The van der Waals surface area contributed by atoms with Crippen LogP contribution in [0.1, 0.15) is 36.0 Å². The molecule has 7 rings (SSSR count). The summed E-state index contributed by atoms with van der Waals surface area (Å²) in [6, 6.07) is 10.3. The molecule has 9 heteroatoms. The van der Waals surface area contributed by atoms with Gasteiger partial charge in [-0.2, -0.15) is 4.98 Å². The van der Waals surface area contributed by atoms with Crippen molar-refractivity contribution in [2.45, 2.75) is 38.3 Å². The molecule has 3 aromatic heterocycles. The second kappa shape index (κ2) is 9.01. The highest BCUT2D eigenvalue weighted by molar-refractivity contribution is 6.00. The molecule has 2 aliphatic heterocycles. The molecule has 1 saturated carbocycles. The van der Waals surface area contributed by atoms with Crippen LogP contribution in [0.15, 0.2) is 30.3 Å². The van der Waals surface area contributed by atoms with Crippen molar-refractivity contribution < 1.29 is 14.3 Å². The fourth-order valence-electron chi connectivity index (χ4n) is 6.37. The molecular weight excluding hydrogens is 480 g/mol. The van der Waals surface area contributed by atoms with Gasteiger partial charge in [-0.05, 0) is 68.3 Å². The number of methoxy groups -OCH3 is 2. The second-order valence-electron chi connectivity index (χ2n) is 11.0. The third-order valence-electron chi connectivity index (χ3n) is 8.66. The van der Waals surface area contributed by atoms with E-state index < -0.39 is 0 Å². The number of benzene rings is 1. The molecule has 3 fully saturated rings. The Morgan fingerprint density at radius 3 is 2.74 bits per heavy atom. The van der Waals surface area contributed by atoms with Crippen molar-refractivity contribution >= 4 is 28.0 Å². The van der Waals surface area contributed by atoms with E-state index in [-0.39, 0.29) is 5.91 Å². The normalized spacial score (nSPS) is 21.3. The topological polar surface area (TPSA) is 86.4 Å². The van der Waals surface area contributed by atoms with Gasteiger partial charge < -0.3 is 28.8 Å². The van der Waals surface area contributed by atoms with Crippen LogP contribution in [0.25, 0.3) is 33.6 Å². The molecule has 1 N–H and O–H groups in total. The van der Waals surface area contributed by atoms with Crippen molar-refractivity contribution in [2.24, 2.45) is 18.9 Å². The summed E-state index contributed by atoms with van der Waals surface area (Å²) < 4.78 is 15.6. The molecule has 2 saturated heterocycles. The number of carbonyl (C=O) groups is 1. The number of pyridine rings is 1. The quantitative estimate of drug-likeness (QED) is 0.421. The molecule has 1 amide bonds. The number of hydrogen-bond donors (Lipinski definition) is 1. The minimum absolute atomic E-state index is 0.0451. The van der Waals surface area contributed by atoms with E-state index in [1.807, 2.05) is 30.1 Å². The van der Waals surface area contributed by atoms with Crippen LogP contribution in [0.3, 0.4) is 0 Å². The van der Waals surface area contributed by atoms with E-state index >= 15 is 0 Å². The number of likely N-dealkylation sites (tertiary alicyclic amines) is 1. The zero-order valence-electron chi connectivity index (χ0n) is 22.2. The number of aromatic nitrogens is 4. The predicted octanol–water partition coefficient (Wildman–Crippen LogP) is 3.84. The largest absolute Gasteiger partial charge is 0.494 e. The molecule has 9 nitrogen and oxygen atoms in total. The van der Waals surface area contributed by atoms with Gasteiger partial charge in [0, 0.05) is 49.7 Å². The molecule has 38 heavy (non-hydrogen) atoms. The maximum atomic E-state index is 13.6. The smallest absolute Gasteiger partial charge is 0.254 e. The number of carbonyl (C=O) groups excluding carboxylic acids is 1. The molecular formula is C29H34N6O3. The van der Waals surface area contributed by atoms with Gasteiger partial charge in [0.15, 0.2) is 5.82 Å². The van der Waals surface area contributed by atoms with Gasteiger partial charge in [0.1, 0.15) is 16.9 Å². The third kappa shape index (κ3) is 3.83. The summed E-state index contributed by atoms with van der Waals surface area (Å²) in [5.74, 6) is 3.48. The molecule has 5 heterocycles. The minimum atomic E-state index is 0.0451. The lowest BCUT2D eigenvalue weighted by molar-refractivity contribution is 0.0669. The maximum absolute atomic E-state index is 13.6. The summed E-state index contributed by atoms with van der Waals surface area (Å²) in [5, 5.41) is 4.62. The van der Waals surface area contributed by atoms with Crippen LogP contribution in [0.4, 0.5) is 0 Å². The number of piperidine rings is 1. The van der Waals surface area contributed by atoms with Gasteiger partial charge in [0.05, 0.1) is 25.4 Å². The number of imidazole rings is 1. The standard InChI is InChI=1S/C29H34N6O3/c1-33-26-21(12-20(14-24(26)37-2)29(36)34-11-9-18-8-10-30-22(18)16-34)31-28(33)23-13-19-6-7-25(38-3)32-27(19)35(23)15-17-4-5-17/h6-7,12-14,17-18,22,30H,4-5,8-11,15-16H2,1-3H3/t18-,22+/m1/s1. The summed E-state index contributed by atoms with van der Waals surface area (Å²) in [7, 11) is 5.31. The molecule has 0 unspecified atom stereocenters. The third-order valence-corrected chi connectivity index (χ3v) is 8.66. The summed E-state index contributed by atoms with van der Waals surface area (Å²) in [6.07, 6.45) is 4.74. The Balaban J connectivity index is 1.31. The van der Waals surface area contributed by atoms with E-state index in [9.17, 15) is 4.79 Å². The number of nitrogens with zero attached hydrogens (tertiary/aromatic N) is 5. The first-order valence-corrected chi connectivity index (χ1v) is 13.7. The molecule has 1 aliphatic carbocycles. The zero-order chi connectivity index (χ0) is 26.0. The Hall–Kier alpha value is -3.59. The number of ether oxygens (including phenoxy) is 2. The van der Waals surface area contributed by atoms with Crippen molar-refractivity contribution in [3.05, 3.63) is 35.9 Å². The first-order valence-electron chi connectivity index (χ1n) is 13.7. The van der Waals surface area contributed by atoms with Gasteiger partial charge >= 0.3 is 0 Å². The van der Waals surface area contributed by atoms with Crippen molar-refractivity contribution in [1.82, 2.24) is 29.3 Å². The van der Waals surface area contributed by atoms with Crippen LogP contribution in [0.2, 0.25) is 0 Å². The van der Waals surface area contributed by atoms with Crippen molar-refractivity contribution in [3.8, 4) is 23.1 Å². The highest BCUT2D eigenvalue weighted by atomic mass is 16.5. The fourth-order valence-corrected chi connectivity index (χ4v) is 6.37. The summed E-state index contributed by atoms with van der Waals surface area (Å²) in [6.45, 7) is 3.50. The Morgan fingerprint density at radius 2 is 1.95 bits per heavy atom. The van der Waals surface area contributed by atoms with E-state index in [0.29, 0.717) is 35.1 Å². The van der Waals surface area contributed by atoms with E-state index in [2.05, 4.69) is 26.6 Å². The Morgan fingerprint density at radius 1 is 1.08 bits per heavy atom. The molecule has 4 aromatic rings. The summed E-state index contributed by atoms with van der Waals surface area (Å²) in [4.78, 5) is 25.4. The summed E-state index contributed by atoms with van der Waals surface area (Å²) >= 11 is 0. The van der Waals surface area contributed by atoms with Crippen LogP contribution in [0, 0.1) is 11.8 Å². The van der Waals surface area contributed by atoms with Gasteiger partial charge in [-0.1, -0.05) is 0 Å². The second-order valence-corrected chi connectivity index (χ2v) is 11.0. The Labute approximate surface area is 221 Å². The van der Waals surface area contributed by atoms with Crippen molar-refractivity contribution in [1.29, 1.82) is 0 Å². The van der Waals surface area contributed by atoms with E-state index in [1.54, 1.807) is 14.2 Å². The lowest BCUT2D eigenvalue weighted by Gasteiger charge is -2.35. The van der Waals surface area contributed by atoms with Crippen molar-refractivity contribution in [2.75, 3.05) is 33.9 Å². The van der Waals surface area contributed by atoms with Crippen molar-refractivity contribution in [3.63, 3.8) is 0 Å². The van der Waals surface area contributed by atoms with Crippen LogP contribution in [0.5, 0.6) is 11.6 Å².